The summed E-state index contributed by atoms with van der Waals surface area (Å²) in [6.07, 6.45) is 1.46. The number of fused-ring (bicyclic) bond motifs is 1. The Bertz CT molecular complexity index is 1180. The topological polar surface area (TPSA) is 106 Å². The SMILES string of the molecule is Cc1ccc(CNC(=O)COC(=O)c2ccc3c(c2)C(=O)N(Cc2ccco2)C3=O)cc1. The van der Waals surface area contributed by atoms with Gasteiger partial charge in [0.15, 0.2) is 6.61 Å². The summed E-state index contributed by atoms with van der Waals surface area (Å²) in [5.41, 5.74) is 2.44. The molecule has 0 saturated carbocycles. The van der Waals surface area contributed by atoms with Crippen LogP contribution in [0, 0.1) is 6.92 Å². The normalized spacial score (nSPS) is 12.6. The fourth-order valence-corrected chi connectivity index (χ4v) is 3.29. The van der Waals surface area contributed by atoms with Gasteiger partial charge < -0.3 is 14.5 Å². The molecule has 8 nitrogen and oxygen atoms in total. The molecule has 0 saturated heterocycles. The van der Waals surface area contributed by atoms with Crippen LogP contribution in [-0.2, 0) is 22.6 Å². The number of nitrogens with one attached hydrogen (secondary N) is 1. The van der Waals surface area contributed by atoms with Gasteiger partial charge in [-0.15, -0.1) is 0 Å². The van der Waals surface area contributed by atoms with Crippen LogP contribution in [0.5, 0.6) is 0 Å². The Morgan fingerprint density at radius 1 is 1.00 bits per heavy atom. The number of aryl methyl sites for hydroxylation is 1. The first-order valence-corrected chi connectivity index (χ1v) is 9.94. The summed E-state index contributed by atoms with van der Waals surface area (Å²) in [5.74, 6) is -1.72. The summed E-state index contributed by atoms with van der Waals surface area (Å²) in [4.78, 5) is 50.6. The molecule has 0 fully saturated rings. The summed E-state index contributed by atoms with van der Waals surface area (Å²) in [7, 11) is 0. The Morgan fingerprint density at radius 2 is 1.75 bits per heavy atom. The standard InChI is InChI=1S/C24H20N2O6/c1-15-4-6-16(7-5-15)12-25-21(27)14-32-24(30)17-8-9-19-20(11-17)23(29)26(22(19)28)13-18-3-2-10-31-18/h2-11H,12-14H2,1H3,(H,25,27). The average molecular weight is 432 g/mol. The van der Waals surface area contributed by atoms with Crippen LogP contribution >= 0.6 is 0 Å². The number of carbonyl (C=O) groups excluding carboxylic acids is 4. The zero-order valence-corrected chi connectivity index (χ0v) is 17.3. The minimum Gasteiger partial charge on any atom is -0.467 e. The predicted molar refractivity (Wildman–Crippen MR) is 113 cm³/mol. The molecule has 1 aliphatic rings. The number of ether oxygens (including phenoxy) is 1. The van der Waals surface area contributed by atoms with Crippen LogP contribution < -0.4 is 5.32 Å². The number of amides is 3. The predicted octanol–water partition coefficient (Wildman–Crippen LogP) is 2.86. The van der Waals surface area contributed by atoms with Gasteiger partial charge >= 0.3 is 5.97 Å². The molecule has 0 bridgehead atoms. The van der Waals surface area contributed by atoms with Crippen molar-refractivity contribution in [3.63, 3.8) is 0 Å². The minimum atomic E-state index is -0.761. The van der Waals surface area contributed by atoms with Crippen molar-refractivity contribution in [3.05, 3.63) is 94.4 Å². The lowest BCUT2D eigenvalue weighted by Gasteiger charge is -2.11. The van der Waals surface area contributed by atoms with Gasteiger partial charge in [0, 0.05) is 6.54 Å². The molecule has 3 aromatic rings. The highest BCUT2D eigenvalue weighted by molar-refractivity contribution is 6.21. The summed E-state index contributed by atoms with van der Waals surface area (Å²) >= 11 is 0. The molecule has 2 aromatic carbocycles. The number of rotatable bonds is 7. The van der Waals surface area contributed by atoms with Crippen molar-refractivity contribution in [2.45, 2.75) is 20.0 Å². The highest BCUT2D eigenvalue weighted by Crippen LogP contribution is 2.26. The number of nitrogens with zero attached hydrogens (tertiary/aromatic N) is 1. The van der Waals surface area contributed by atoms with Crippen molar-refractivity contribution in [3.8, 4) is 0 Å². The van der Waals surface area contributed by atoms with Crippen molar-refractivity contribution >= 4 is 23.7 Å². The van der Waals surface area contributed by atoms with Gasteiger partial charge in [-0.25, -0.2) is 4.79 Å². The molecule has 0 atom stereocenters. The lowest BCUT2D eigenvalue weighted by molar-refractivity contribution is -0.124. The fourth-order valence-electron chi connectivity index (χ4n) is 3.29. The Kier molecular flexibility index (Phi) is 5.85. The summed E-state index contributed by atoms with van der Waals surface area (Å²) in [5, 5.41) is 2.68. The van der Waals surface area contributed by atoms with Crippen LogP contribution in [0.4, 0.5) is 0 Å². The molecule has 1 N–H and O–H groups in total. The quantitative estimate of drug-likeness (QED) is 0.455. The van der Waals surface area contributed by atoms with Gasteiger partial charge in [0.2, 0.25) is 0 Å². The van der Waals surface area contributed by atoms with E-state index in [2.05, 4.69) is 5.32 Å². The Hall–Kier alpha value is -4.20. The maximum Gasteiger partial charge on any atom is 0.338 e. The van der Waals surface area contributed by atoms with E-state index in [1.807, 2.05) is 31.2 Å². The number of furan rings is 1. The maximum atomic E-state index is 12.7. The van der Waals surface area contributed by atoms with Gasteiger partial charge in [-0.05, 0) is 42.8 Å². The number of esters is 1. The van der Waals surface area contributed by atoms with Gasteiger partial charge in [0.05, 0.1) is 29.5 Å². The van der Waals surface area contributed by atoms with Crippen LogP contribution in [0.3, 0.4) is 0 Å². The Morgan fingerprint density at radius 3 is 2.47 bits per heavy atom. The zero-order chi connectivity index (χ0) is 22.7. The Labute approximate surface area is 183 Å². The zero-order valence-electron chi connectivity index (χ0n) is 17.3. The third kappa shape index (κ3) is 4.44. The largest absolute Gasteiger partial charge is 0.467 e. The van der Waals surface area contributed by atoms with E-state index in [0.717, 1.165) is 16.0 Å². The number of hydrogen-bond donors (Lipinski definition) is 1. The van der Waals surface area contributed by atoms with Gasteiger partial charge in [0.25, 0.3) is 17.7 Å². The highest BCUT2D eigenvalue weighted by atomic mass is 16.5. The first-order chi connectivity index (χ1) is 15.4. The van der Waals surface area contributed by atoms with E-state index >= 15 is 0 Å². The number of benzene rings is 2. The van der Waals surface area contributed by atoms with Gasteiger partial charge in [0.1, 0.15) is 5.76 Å². The van der Waals surface area contributed by atoms with Crippen molar-refractivity contribution in [1.82, 2.24) is 10.2 Å². The molecular weight excluding hydrogens is 412 g/mol. The molecule has 32 heavy (non-hydrogen) atoms. The maximum absolute atomic E-state index is 12.7. The molecule has 162 valence electrons. The highest BCUT2D eigenvalue weighted by Gasteiger charge is 2.36. The monoisotopic (exact) mass is 432 g/mol. The van der Waals surface area contributed by atoms with E-state index in [9.17, 15) is 19.2 Å². The van der Waals surface area contributed by atoms with Gasteiger partial charge in [-0.1, -0.05) is 29.8 Å². The van der Waals surface area contributed by atoms with Crippen LogP contribution in [-0.4, -0.2) is 35.2 Å². The van der Waals surface area contributed by atoms with Crippen molar-refractivity contribution in [2.75, 3.05) is 6.61 Å². The third-order valence-corrected chi connectivity index (χ3v) is 5.05. The Balaban J connectivity index is 1.35. The van der Waals surface area contributed by atoms with E-state index in [0.29, 0.717) is 12.3 Å². The smallest absolute Gasteiger partial charge is 0.338 e. The number of imide groups is 1. The van der Waals surface area contributed by atoms with Crippen molar-refractivity contribution in [2.24, 2.45) is 0 Å². The summed E-state index contributed by atoms with van der Waals surface area (Å²) in [6, 6.07) is 15.1. The van der Waals surface area contributed by atoms with Crippen LogP contribution in [0.25, 0.3) is 0 Å². The number of carbonyl (C=O) groups is 4. The molecule has 4 rings (SSSR count). The molecule has 0 spiro atoms. The summed E-state index contributed by atoms with van der Waals surface area (Å²) in [6.45, 7) is 1.83. The molecular formula is C24H20N2O6. The van der Waals surface area contributed by atoms with Gasteiger partial charge in [-0.2, -0.15) is 0 Å². The van der Waals surface area contributed by atoms with E-state index in [1.54, 1.807) is 12.1 Å². The van der Waals surface area contributed by atoms with Crippen LogP contribution in [0.2, 0.25) is 0 Å². The van der Waals surface area contributed by atoms with E-state index in [4.69, 9.17) is 9.15 Å². The lowest BCUT2D eigenvalue weighted by Crippen LogP contribution is -2.29. The molecule has 8 heteroatoms. The molecule has 2 heterocycles. The molecule has 3 amide bonds. The minimum absolute atomic E-state index is 0.000278. The average Bonchev–Trinajstić information content (AvgIpc) is 3.40. The van der Waals surface area contributed by atoms with Crippen molar-refractivity contribution < 1.29 is 28.3 Å². The number of hydrogen-bond acceptors (Lipinski definition) is 6. The molecule has 0 radical (unpaired) electrons. The molecule has 1 aliphatic heterocycles. The van der Waals surface area contributed by atoms with E-state index in [1.165, 1.54) is 24.5 Å². The second-order valence-electron chi connectivity index (χ2n) is 7.37. The van der Waals surface area contributed by atoms with Crippen LogP contribution in [0.15, 0.2) is 65.3 Å². The fraction of sp³-hybridized carbons (Fsp3) is 0.167. The first-order valence-electron chi connectivity index (χ1n) is 9.94. The molecule has 1 aromatic heterocycles. The molecule has 0 unspecified atom stereocenters. The summed E-state index contributed by atoms with van der Waals surface area (Å²) < 4.78 is 10.3. The van der Waals surface area contributed by atoms with E-state index < -0.39 is 30.3 Å². The third-order valence-electron chi connectivity index (χ3n) is 5.05. The van der Waals surface area contributed by atoms with E-state index in [-0.39, 0.29) is 23.2 Å². The van der Waals surface area contributed by atoms with Crippen molar-refractivity contribution in [1.29, 1.82) is 0 Å². The first kappa shape index (κ1) is 21.0. The van der Waals surface area contributed by atoms with Gasteiger partial charge in [-0.3, -0.25) is 19.3 Å². The van der Waals surface area contributed by atoms with Crippen LogP contribution in [0.1, 0.15) is 48.0 Å². The second kappa shape index (κ2) is 8.89. The second-order valence-corrected chi connectivity index (χ2v) is 7.37. The molecule has 0 aliphatic carbocycles. The lowest BCUT2D eigenvalue weighted by atomic mass is 10.1.